The molecule has 1 aromatic carbocycles. The van der Waals surface area contributed by atoms with Gasteiger partial charge in [-0.1, -0.05) is 23.2 Å². The normalized spacial score (nSPS) is 10.2. The van der Waals surface area contributed by atoms with Crippen LogP contribution in [0.25, 0.3) is 5.76 Å². The molecule has 0 heterocycles. The van der Waals surface area contributed by atoms with E-state index in [1.54, 1.807) is 0 Å². The fraction of sp³-hybridized carbons (Fsp3) is 0.167. The number of hydrogen-bond donors (Lipinski definition) is 2. The molecular formula is C12H12Cl2Li2O4. The number of aliphatic hydroxyl groups is 1. The van der Waals surface area contributed by atoms with Crippen LogP contribution in [0.2, 0.25) is 10.0 Å². The van der Waals surface area contributed by atoms with E-state index in [1.165, 1.54) is 18.2 Å². The molecule has 0 spiro atoms. The number of carboxylic acids is 1. The van der Waals surface area contributed by atoms with E-state index in [4.69, 9.17) is 28.3 Å². The first kappa shape index (κ1) is 22.0. The molecule has 0 fully saturated rings. The molecule has 0 aliphatic carbocycles. The Kier molecular flexibility index (Phi) is 11.4. The Hall–Kier alpha value is -0.325. The summed E-state index contributed by atoms with van der Waals surface area (Å²) in [5, 5.41) is 18.7. The predicted molar refractivity (Wildman–Crippen MR) is 83.2 cm³/mol. The molecule has 0 unspecified atom stereocenters. The first-order valence-corrected chi connectivity index (χ1v) is 5.76. The van der Waals surface area contributed by atoms with Crippen LogP contribution in [0.3, 0.4) is 0 Å². The molecule has 1 rings (SSSR count). The van der Waals surface area contributed by atoms with Crippen LogP contribution in [0, 0.1) is 0 Å². The summed E-state index contributed by atoms with van der Waals surface area (Å²) in [7, 11) is 0. The van der Waals surface area contributed by atoms with Crippen LogP contribution >= 0.6 is 23.2 Å². The zero-order valence-electron chi connectivity index (χ0n) is 9.19. The number of aliphatic hydroxyl groups excluding tert-OH is 1. The Morgan fingerprint density at radius 1 is 1.05 bits per heavy atom. The van der Waals surface area contributed by atoms with Gasteiger partial charge in [0.25, 0.3) is 0 Å². The number of halogens is 2. The number of carbonyl (C=O) groups is 2. The van der Waals surface area contributed by atoms with Gasteiger partial charge in [-0.05, 0) is 18.2 Å². The molecule has 1 aromatic rings. The van der Waals surface area contributed by atoms with Gasteiger partial charge in [0.1, 0.15) is 5.76 Å². The summed E-state index contributed by atoms with van der Waals surface area (Å²) >= 11 is 11.5. The third kappa shape index (κ3) is 7.46. The molecule has 0 aliphatic heterocycles. The summed E-state index contributed by atoms with van der Waals surface area (Å²) in [6.07, 6.45) is 0.535. The first-order chi connectivity index (χ1) is 8.40. The van der Waals surface area contributed by atoms with Gasteiger partial charge < -0.3 is 10.2 Å². The maximum absolute atomic E-state index is 11.3. The van der Waals surface area contributed by atoms with Gasteiger partial charge in [0.2, 0.25) is 0 Å². The molecule has 0 atom stereocenters. The second-order valence-electron chi connectivity index (χ2n) is 3.52. The number of ketones is 1. The summed E-state index contributed by atoms with van der Waals surface area (Å²) in [6, 6.07) is 4.41. The minimum atomic E-state index is -1.06. The van der Waals surface area contributed by atoms with Gasteiger partial charge in [0, 0.05) is 18.1 Å². The van der Waals surface area contributed by atoms with Crippen LogP contribution in [-0.2, 0) is 9.59 Å². The minimum absolute atomic E-state index is 0. The Morgan fingerprint density at radius 2 is 1.65 bits per heavy atom. The monoisotopic (exact) mass is 304 g/mol. The van der Waals surface area contributed by atoms with Crippen LogP contribution in [-0.4, -0.2) is 59.7 Å². The van der Waals surface area contributed by atoms with Gasteiger partial charge in [0.15, 0.2) is 5.78 Å². The van der Waals surface area contributed by atoms with Crippen molar-refractivity contribution in [2.45, 2.75) is 12.8 Å². The van der Waals surface area contributed by atoms with Gasteiger partial charge in [-0.15, -0.1) is 0 Å². The molecule has 0 saturated heterocycles. The topological polar surface area (TPSA) is 74.6 Å². The van der Waals surface area contributed by atoms with Crippen molar-refractivity contribution >= 4 is 78.4 Å². The average Bonchev–Trinajstić information content (AvgIpc) is 2.30. The zero-order chi connectivity index (χ0) is 13.7. The van der Waals surface area contributed by atoms with Crippen molar-refractivity contribution in [2.75, 3.05) is 0 Å². The van der Waals surface area contributed by atoms with Crippen LogP contribution < -0.4 is 0 Å². The Balaban J connectivity index is 0. The van der Waals surface area contributed by atoms with E-state index in [0.717, 1.165) is 6.08 Å². The summed E-state index contributed by atoms with van der Waals surface area (Å²) in [6.45, 7) is 0. The van der Waals surface area contributed by atoms with Crippen LogP contribution in [0.1, 0.15) is 18.4 Å². The van der Waals surface area contributed by atoms with Crippen LogP contribution in [0.4, 0.5) is 0 Å². The molecular weight excluding hydrogens is 293 g/mol. The molecule has 0 amide bonds. The average molecular weight is 305 g/mol. The van der Waals surface area contributed by atoms with Crippen LogP contribution in [0.5, 0.6) is 0 Å². The van der Waals surface area contributed by atoms with Crippen molar-refractivity contribution in [3.05, 3.63) is 39.9 Å². The van der Waals surface area contributed by atoms with Gasteiger partial charge >= 0.3 is 43.7 Å². The van der Waals surface area contributed by atoms with Gasteiger partial charge in [-0.25, -0.2) is 0 Å². The number of carboxylic acid groups (broad SMARTS) is 1. The third-order valence-corrected chi connectivity index (χ3v) is 2.84. The molecule has 20 heavy (non-hydrogen) atoms. The second kappa shape index (κ2) is 10.4. The molecule has 2 N–H and O–H groups in total. The molecule has 0 saturated carbocycles. The number of aliphatic carboxylic acids is 1. The van der Waals surface area contributed by atoms with E-state index in [0.29, 0.717) is 10.6 Å². The zero-order valence-corrected chi connectivity index (χ0v) is 10.7. The molecule has 0 radical (unpaired) electrons. The summed E-state index contributed by atoms with van der Waals surface area (Å²) in [5.74, 6) is -1.81. The van der Waals surface area contributed by atoms with E-state index in [-0.39, 0.29) is 61.3 Å². The predicted octanol–water partition coefficient (Wildman–Crippen LogP) is 2.03. The molecule has 0 aliphatic rings. The summed E-state index contributed by atoms with van der Waals surface area (Å²) in [4.78, 5) is 21.6. The number of allylic oxidation sites excluding steroid dienone is 1. The fourth-order valence-electron chi connectivity index (χ4n) is 1.19. The van der Waals surface area contributed by atoms with Crippen molar-refractivity contribution in [3.63, 3.8) is 0 Å². The van der Waals surface area contributed by atoms with Crippen molar-refractivity contribution < 1.29 is 19.8 Å². The van der Waals surface area contributed by atoms with E-state index in [1.807, 2.05) is 0 Å². The number of benzene rings is 1. The van der Waals surface area contributed by atoms with E-state index < -0.39 is 11.8 Å². The Morgan fingerprint density at radius 3 is 2.15 bits per heavy atom. The van der Waals surface area contributed by atoms with E-state index in [2.05, 4.69) is 0 Å². The van der Waals surface area contributed by atoms with Gasteiger partial charge in [-0.3, -0.25) is 9.59 Å². The SMILES string of the molecule is O=C(O)CCC(=O)/C=C(\O)c1ccc(Cl)c(Cl)c1.[LiH].[LiH]. The first-order valence-electron chi connectivity index (χ1n) is 5.01. The summed E-state index contributed by atoms with van der Waals surface area (Å²) < 4.78 is 0. The maximum atomic E-state index is 11.3. The Labute approximate surface area is 150 Å². The van der Waals surface area contributed by atoms with Crippen molar-refractivity contribution in [1.29, 1.82) is 0 Å². The number of hydrogen-bond acceptors (Lipinski definition) is 3. The van der Waals surface area contributed by atoms with Gasteiger partial charge in [0.05, 0.1) is 16.5 Å². The number of carbonyl (C=O) groups excluding carboxylic acids is 1. The van der Waals surface area contributed by atoms with Crippen molar-refractivity contribution in [3.8, 4) is 0 Å². The van der Waals surface area contributed by atoms with E-state index in [9.17, 15) is 14.7 Å². The molecule has 8 heteroatoms. The second-order valence-corrected chi connectivity index (χ2v) is 4.33. The van der Waals surface area contributed by atoms with Gasteiger partial charge in [-0.2, -0.15) is 0 Å². The molecule has 100 valence electrons. The third-order valence-electron chi connectivity index (χ3n) is 2.10. The molecule has 4 nitrogen and oxygen atoms in total. The standard InChI is InChI=1S/C12H10Cl2O4.2Li.2H/c13-9-3-1-7(5-10(9)14)11(16)6-8(15)2-4-12(17)18;;;;/h1,3,5-6,16H,2,4H2,(H,17,18);;;;/b11-6-;;;;. The molecule has 0 bridgehead atoms. The van der Waals surface area contributed by atoms with E-state index >= 15 is 0 Å². The Bertz CT molecular complexity index is 518. The van der Waals surface area contributed by atoms with Crippen molar-refractivity contribution in [2.24, 2.45) is 0 Å². The summed E-state index contributed by atoms with van der Waals surface area (Å²) in [5.41, 5.74) is 0.341. The number of rotatable bonds is 5. The fourth-order valence-corrected chi connectivity index (χ4v) is 1.49. The van der Waals surface area contributed by atoms with Crippen LogP contribution in [0.15, 0.2) is 24.3 Å². The van der Waals surface area contributed by atoms with Crippen molar-refractivity contribution in [1.82, 2.24) is 0 Å². The quantitative estimate of drug-likeness (QED) is 0.496. The molecule has 0 aromatic heterocycles.